The van der Waals surface area contributed by atoms with Crippen LogP contribution in [0.1, 0.15) is 105 Å². The van der Waals surface area contributed by atoms with Crippen molar-refractivity contribution in [2.45, 2.75) is 105 Å². The molecule has 0 spiro atoms. The van der Waals surface area contributed by atoms with Crippen molar-refractivity contribution < 1.29 is 8.83 Å². The standard InChI is InChI=1S/C64H61BN2O2/c1-61(2,3)39-23-30-52-50(32-39)65-51-33-40(62(4,5)6)24-31-53(51)67(44-27-29-48-47-28-22-41(63(7,8)9)36-57(47)68-58(48)37-44)55-35-42(64(10,11)12)34-54(59(55)65)66(52)43-25-20-38(21-26-43)45-17-15-18-49-46-16-13-14-19-56(46)69-60(45)49/h13-37H,1-12H3. The summed E-state index contributed by atoms with van der Waals surface area (Å²) in [6.45, 7) is 27.8. The minimum absolute atomic E-state index is 0.0122. The van der Waals surface area contributed by atoms with Gasteiger partial charge in [0.15, 0.2) is 0 Å². The average Bonchev–Trinajstić information content (AvgIpc) is 3.88. The van der Waals surface area contributed by atoms with Crippen LogP contribution in [0.3, 0.4) is 0 Å². The maximum atomic E-state index is 6.82. The van der Waals surface area contributed by atoms with E-state index >= 15 is 0 Å². The van der Waals surface area contributed by atoms with E-state index in [0.717, 1.165) is 66.4 Å². The van der Waals surface area contributed by atoms with Crippen molar-refractivity contribution in [1.29, 1.82) is 0 Å². The predicted octanol–water partition coefficient (Wildman–Crippen LogP) is 16.4. The summed E-state index contributed by atoms with van der Waals surface area (Å²) < 4.78 is 13.4. The zero-order valence-corrected chi connectivity index (χ0v) is 42.2. The van der Waals surface area contributed by atoms with Gasteiger partial charge in [-0.15, -0.1) is 0 Å². The van der Waals surface area contributed by atoms with Gasteiger partial charge in [0, 0.05) is 67.3 Å². The number of benzene rings is 8. The number of hydrogen-bond acceptors (Lipinski definition) is 4. The Hall–Kier alpha value is -6.98. The Morgan fingerprint density at radius 2 is 0.855 bits per heavy atom. The Morgan fingerprint density at radius 3 is 1.46 bits per heavy atom. The minimum atomic E-state index is -0.145. The highest BCUT2D eigenvalue weighted by Gasteiger charge is 2.45. The molecule has 0 aliphatic carbocycles. The molecule has 10 aromatic rings. The van der Waals surface area contributed by atoms with Crippen molar-refractivity contribution in [2.75, 3.05) is 9.80 Å². The normalized spacial score (nSPS) is 14.0. The fraction of sp³-hybridized carbons (Fsp3) is 0.250. The van der Waals surface area contributed by atoms with Crippen LogP contribution < -0.4 is 26.2 Å². The first-order chi connectivity index (χ1) is 32.7. The van der Waals surface area contributed by atoms with E-state index in [1.54, 1.807) is 0 Å². The van der Waals surface area contributed by atoms with Gasteiger partial charge in [-0.1, -0.05) is 168 Å². The van der Waals surface area contributed by atoms with E-state index in [-0.39, 0.29) is 28.4 Å². The van der Waals surface area contributed by atoms with E-state index in [2.05, 4.69) is 238 Å². The molecule has 12 rings (SSSR count). The van der Waals surface area contributed by atoms with Gasteiger partial charge < -0.3 is 18.6 Å². The summed E-state index contributed by atoms with van der Waals surface area (Å²) in [7, 11) is 0. The summed E-state index contributed by atoms with van der Waals surface area (Å²) in [6.07, 6.45) is 0. The molecule has 2 aromatic heterocycles. The van der Waals surface area contributed by atoms with Gasteiger partial charge in [0.25, 0.3) is 6.71 Å². The van der Waals surface area contributed by atoms with Gasteiger partial charge in [0.05, 0.1) is 0 Å². The first kappa shape index (κ1) is 43.3. The molecule has 2 aliphatic heterocycles. The molecule has 0 N–H and O–H groups in total. The van der Waals surface area contributed by atoms with Crippen LogP contribution in [-0.2, 0) is 21.7 Å². The molecule has 0 fully saturated rings. The second kappa shape index (κ2) is 14.8. The molecule has 5 heteroatoms. The third-order valence-corrected chi connectivity index (χ3v) is 15.1. The fourth-order valence-electron chi connectivity index (χ4n) is 11.1. The van der Waals surface area contributed by atoms with E-state index in [1.165, 1.54) is 61.4 Å². The Kier molecular flexibility index (Phi) is 9.27. The fourth-order valence-corrected chi connectivity index (χ4v) is 11.1. The quantitative estimate of drug-likeness (QED) is 0.165. The number of hydrogen-bond donors (Lipinski definition) is 0. The van der Waals surface area contributed by atoms with Crippen LogP contribution in [0.4, 0.5) is 34.1 Å². The molecule has 342 valence electrons. The summed E-state index contributed by atoms with van der Waals surface area (Å²) >= 11 is 0. The van der Waals surface area contributed by atoms with Crippen molar-refractivity contribution >= 4 is 101 Å². The lowest BCUT2D eigenvalue weighted by atomic mass is 9.33. The van der Waals surface area contributed by atoms with E-state index in [0.29, 0.717) is 0 Å². The molecule has 0 saturated heterocycles. The van der Waals surface area contributed by atoms with Gasteiger partial charge >= 0.3 is 0 Å². The van der Waals surface area contributed by atoms with Crippen LogP contribution in [0.25, 0.3) is 55.0 Å². The molecular weight excluding hydrogens is 840 g/mol. The molecule has 2 aliphatic rings. The molecule has 0 bridgehead atoms. The lowest BCUT2D eigenvalue weighted by Gasteiger charge is -2.45. The zero-order chi connectivity index (χ0) is 48.1. The van der Waals surface area contributed by atoms with Gasteiger partial charge in [-0.25, -0.2) is 0 Å². The number of nitrogens with zero attached hydrogens (tertiary/aromatic N) is 2. The molecule has 0 atom stereocenters. The Balaban J connectivity index is 1.11. The van der Waals surface area contributed by atoms with E-state index in [9.17, 15) is 0 Å². The number of rotatable bonds is 3. The first-order valence-corrected chi connectivity index (χ1v) is 24.8. The van der Waals surface area contributed by atoms with Gasteiger partial charge in [0.2, 0.25) is 0 Å². The second-order valence-corrected chi connectivity index (χ2v) is 23.9. The van der Waals surface area contributed by atoms with E-state index in [4.69, 9.17) is 8.83 Å². The van der Waals surface area contributed by atoms with Crippen LogP contribution in [0.15, 0.2) is 160 Å². The number of fused-ring (bicyclic) bond motifs is 10. The van der Waals surface area contributed by atoms with Gasteiger partial charge in [0.1, 0.15) is 22.3 Å². The molecule has 4 heterocycles. The van der Waals surface area contributed by atoms with Gasteiger partial charge in [-0.3, -0.25) is 0 Å². The van der Waals surface area contributed by atoms with Crippen molar-refractivity contribution in [1.82, 2.24) is 0 Å². The number of para-hydroxylation sites is 2. The smallest absolute Gasteiger partial charge is 0.252 e. The van der Waals surface area contributed by atoms with Crippen molar-refractivity contribution in [3.05, 3.63) is 174 Å². The van der Waals surface area contributed by atoms with Gasteiger partial charge in [-0.2, -0.15) is 0 Å². The number of anilines is 6. The predicted molar refractivity (Wildman–Crippen MR) is 295 cm³/mol. The van der Waals surface area contributed by atoms with Crippen LogP contribution in [0, 0.1) is 0 Å². The number of furan rings is 2. The SMILES string of the molecule is CC(C)(C)c1ccc2c(c1)B1c3cc(C(C)(C)C)ccc3N(c3ccc4c(c3)oc3cc(C(C)(C)C)ccc34)c3cc(C(C)(C)C)cc(c31)N2c1ccc(-c2cccc3c2oc2ccccc23)cc1. The molecule has 0 unspecified atom stereocenters. The Bertz CT molecular complexity index is 3730. The van der Waals surface area contributed by atoms with E-state index < -0.39 is 0 Å². The summed E-state index contributed by atoms with van der Waals surface area (Å²) in [5.74, 6) is 0. The summed E-state index contributed by atoms with van der Waals surface area (Å²) in [5, 5.41) is 4.55. The van der Waals surface area contributed by atoms with Gasteiger partial charge in [-0.05, 0) is 127 Å². The minimum Gasteiger partial charge on any atom is -0.456 e. The molecule has 8 aromatic carbocycles. The van der Waals surface area contributed by atoms with Crippen LogP contribution in [0.2, 0.25) is 0 Å². The highest BCUT2D eigenvalue weighted by Crippen LogP contribution is 2.48. The van der Waals surface area contributed by atoms with Crippen molar-refractivity contribution in [2.24, 2.45) is 0 Å². The molecule has 0 radical (unpaired) electrons. The van der Waals surface area contributed by atoms with Crippen molar-refractivity contribution in [3.8, 4) is 11.1 Å². The first-order valence-electron chi connectivity index (χ1n) is 24.8. The highest BCUT2D eigenvalue weighted by molar-refractivity contribution is 7.00. The molecule has 0 amide bonds. The summed E-state index contributed by atoms with van der Waals surface area (Å²) in [4.78, 5) is 5.08. The lowest BCUT2D eigenvalue weighted by Crippen LogP contribution is -2.61. The van der Waals surface area contributed by atoms with Crippen molar-refractivity contribution in [3.63, 3.8) is 0 Å². The monoisotopic (exact) mass is 900 g/mol. The van der Waals surface area contributed by atoms with Crippen LogP contribution >= 0.6 is 0 Å². The largest absolute Gasteiger partial charge is 0.456 e. The molecular formula is C64H61BN2O2. The third kappa shape index (κ3) is 6.86. The maximum Gasteiger partial charge on any atom is 0.252 e. The second-order valence-electron chi connectivity index (χ2n) is 23.9. The van der Waals surface area contributed by atoms with Crippen LogP contribution in [-0.4, -0.2) is 6.71 Å². The Morgan fingerprint density at radius 1 is 0.362 bits per heavy atom. The molecule has 0 saturated carbocycles. The molecule has 69 heavy (non-hydrogen) atoms. The topological polar surface area (TPSA) is 32.8 Å². The lowest BCUT2D eigenvalue weighted by molar-refractivity contribution is 0.587. The summed E-state index contributed by atoms with van der Waals surface area (Å²) in [5.41, 5.74) is 21.8. The summed E-state index contributed by atoms with van der Waals surface area (Å²) in [6, 6.07) is 57.1. The average molecular weight is 901 g/mol. The maximum absolute atomic E-state index is 6.82. The zero-order valence-electron chi connectivity index (χ0n) is 42.2. The Labute approximate surface area is 407 Å². The third-order valence-electron chi connectivity index (χ3n) is 15.1. The van der Waals surface area contributed by atoms with E-state index in [1.807, 2.05) is 6.07 Å². The van der Waals surface area contributed by atoms with Crippen LogP contribution in [0.5, 0.6) is 0 Å². The highest BCUT2D eigenvalue weighted by atomic mass is 16.3. The molecule has 4 nitrogen and oxygen atoms in total.